The van der Waals surface area contributed by atoms with Crippen molar-refractivity contribution in [3.63, 3.8) is 0 Å². The van der Waals surface area contributed by atoms with Gasteiger partial charge in [0.15, 0.2) is 4.34 Å². The minimum atomic E-state index is -0.968. The molecule has 0 aliphatic rings. The van der Waals surface area contributed by atoms with Crippen LogP contribution >= 0.6 is 23.3 Å². The zero-order valence-electron chi connectivity index (χ0n) is 11.4. The Labute approximate surface area is 130 Å². The molecule has 1 aromatic carbocycles. The first-order chi connectivity index (χ1) is 10.1. The maximum Gasteiger partial charge on any atom is 0.328 e. The minimum Gasteiger partial charge on any atom is -0.493 e. The summed E-state index contributed by atoms with van der Waals surface area (Å²) < 4.78 is 10.7. The van der Waals surface area contributed by atoms with Gasteiger partial charge < -0.3 is 9.84 Å². The van der Waals surface area contributed by atoms with Crippen LogP contribution in [0.4, 0.5) is 0 Å². The van der Waals surface area contributed by atoms with Crippen molar-refractivity contribution in [2.45, 2.75) is 11.3 Å². The van der Waals surface area contributed by atoms with Gasteiger partial charge >= 0.3 is 5.97 Å². The molecule has 0 aliphatic heterocycles. The average molecular weight is 322 g/mol. The fourth-order valence-corrected chi connectivity index (χ4v) is 3.04. The summed E-state index contributed by atoms with van der Waals surface area (Å²) >= 11 is 3.00. The van der Waals surface area contributed by atoms with Crippen molar-refractivity contribution in [3.05, 3.63) is 41.7 Å². The summed E-state index contributed by atoms with van der Waals surface area (Å²) in [5.41, 5.74) is 0.794. The molecule has 5 nitrogen and oxygen atoms in total. The van der Waals surface area contributed by atoms with Gasteiger partial charge in [-0.05, 0) is 42.2 Å². The van der Waals surface area contributed by atoms with Crippen molar-refractivity contribution in [1.82, 2.24) is 9.36 Å². The Balaban J connectivity index is 1.80. The molecule has 21 heavy (non-hydrogen) atoms. The molecule has 2 rings (SSSR count). The van der Waals surface area contributed by atoms with E-state index in [1.54, 1.807) is 17.8 Å². The van der Waals surface area contributed by atoms with E-state index >= 15 is 0 Å². The second-order valence-corrected chi connectivity index (χ2v) is 6.14. The smallest absolute Gasteiger partial charge is 0.328 e. The predicted octanol–water partition coefficient (Wildman–Crippen LogP) is 3.12. The molecule has 0 bridgehead atoms. The zero-order valence-corrected chi connectivity index (χ0v) is 13.0. The van der Waals surface area contributed by atoms with Crippen LogP contribution in [0.1, 0.15) is 11.4 Å². The third kappa shape index (κ3) is 5.57. The third-order valence-corrected chi connectivity index (χ3v) is 4.25. The lowest BCUT2D eigenvalue weighted by Crippen LogP contribution is -2.00. The van der Waals surface area contributed by atoms with Gasteiger partial charge in [-0.3, -0.25) is 0 Å². The van der Waals surface area contributed by atoms with Crippen molar-refractivity contribution in [2.24, 2.45) is 0 Å². The summed E-state index contributed by atoms with van der Waals surface area (Å²) in [5.74, 6) is 1.33. The normalized spacial score (nSPS) is 10.9. The molecule has 0 atom stereocenters. The number of carboxylic acids is 1. The van der Waals surface area contributed by atoms with E-state index in [4.69, 9.17) is 9.84 Å². The van der Waals surface area contributed by atoms with Gasteiger partial charge in [0.25, 0.3) is 0 Å². The van der Waals surface area contributed by atoms with Crippen molar-refractivity contribution >= 4 is 35.3 Å². The molecule has 7 heteroatoms. The molecule has 0 unspecified atom stereocenters. The number of hydrogen-bond acceptors (Lipinski definition) is 6. The van der Waals surface area contributed by atoms with Crippen molar-refractivity contribution in [1.29, 1.82) is 0 Å². The van der Waals surface area contributed by atoms with Crippen molar-refractivity contribution in [2.75, 3.05) is 12.4 Å². The highest BCUT2D eigenvalue weighted by Crippen LogP contribution is 2.20. The lowest BCUT2D eigenvalue weighted by molar-refractivity contribution is -0.131. The fourth-order valence-electron chi connectivity index (χ4n) is 1.50. The van der Waals surface area contributed by atoms with E-state index in [0.29, 0.717) is 6.61 Å². The Morgan fingerprint density at radius 1 is 1.52 bits per heavy atom. The van der Waals surface area contributed by atoms with Crippen LogP contribution in [0.3, 0.4) is 0 Å². The molecule has 0 aliphatic carbocycles. The minimum absolute atomic E-state index is 0.551. The van der Waals surface area contributed by atoms with Crippen LogP contribution in [0.15, 0.2) is 34.7 Å². The van der Waals surface area contributed by atoms with E-state index < -0.39 is 5.97 Å². The van der Waals surface area contributed by atoms with Gasteiger partial charge in [0, 0.05) is 11.8 Å². The van der Waals surface area contributed by atoms with E-state index in [9.17, 15) is 4.79 Å². The van der Waals surface area contributed by atoms with Gasteiger partial charge in [-0.25, -0.2) is 9.78 Å². The monoisotopic (exact) mass is 322 g/mol. The summed E-state index contributed by atoms with van der Waals surface area (Å²) in [7, 11) is 0. The molecular weight excluding hydrogens is 308 g/mol. The van der Waals surface area contributed by atoms with Crippen LogP contribution in [0.25, 0.3) is 6.08 Å². The largest absolute Gasteiger partial charge is 0.493 e. The Kier molecular flexibility index (Phi) is 5.77. The molecule has 1 aromatic heterocycles. The van der Waals surface area contributed by atoms with Gasteiger partial charge in [0.1, 0.15) is 11.6 Å². The predicted molar refractivity (Wildman–Crippen MR) is 84.0 cm³/mol. The van der Waals surface area contributed by atoms with Crippen LogP contribution in [-0.2, 0) is 4.79 Å². The van der Waals surface area contributed by atoms with E-state index in [-0.39, 0.29) is 0 Å². The first-order valence-corrected chi connectivity index (χ1v) is 7.96. The fraction of sp³-hybridized carbons (Fsp3) is 0.214. The van der Waals surface area contributed by atoms with Crippen LogP contribution in [0.5, 0.6) is 5.75 Å². The second kappa shape index (κ2) is 7.80. The van der Waals surface area contributed by atoms with Gasteiger partial charge in [-0.1, -0.05) is 23.9 Å². The summed E-state index contributed by atoms with van der Waals surface area (Å²) in [6.45, 7) is 2.42. The number of aryl methyl sites for hydroxylation is 1. The van der Waals surface area contributed by atoms with E-state index in [1.807, 2.05) is 25.1 Å². The number of carbonyl (C=O) groups is 1. The van der Waals surface area contributed by atoms with Gasteiger partial charge in [0.2, 0.25) is 0 Å². The number of benzene rings is 1. The quantitative estimate of drug-likeness (QED) is 0.480. The average Bonchev–Trinajstić information content (AvgIpc) is 2.87. The topological polar surface area (TPSA) is 72.3 Å². The SMILES string of the molecule is Cc1nsc(SCCOc2cccc(/C=C/C(=O)O)c2)n1. The summed E-state index contributed by atoms with van der Waals surface area (Å²) in [6.07, 6.45) is 2.64. The van der Waals surface area contributed by atoms with Crippen LogP contribution in [-0.4, -0.2) is 32.8 Å². The molecule has 110 valence electrons. The molecule has 0 saturated heterocycles. The van der Waals surface area contributed by atoms with Gasteiger partial charge in [0.05, 0.1) is 6.61 Å². The molecule has 0 spiro atoms. The summed E-state index contributed by atoms with van der Waals surface area (Å²) in [5, 5.41) is 8.60. The summed E-state index contributed by atoms with van der Waals surface area (Å²) in [6, 6.07) is 7.31. The molecule has 1 heterocycles. The van der Waals surface area contributed by atoms with E-state index in [2.05, 4.69) is 9.36 Å². The Hall–Kier alpha value is -1.86. The first-order valence-electron chi connectivity index (χ1n) is 6.20. The molecule has 0 fully saturated rings. The van der Waals surface area contributed by atoms with Gasteiger partial charge in [-0.2, -0.15) is 4.37 Å². The first kappa shape index (κ1) is 15.5. The lowest BCUT2D eigenvalue weighted by Gasteiger charge is -2.05. The van der Waals surface area contributed by atoms with E-state index in [1.165, 1.54) is 17.6 Å². The van der Waals surface area contributed by atoms with Crippen LogP contribution in [0.2, 0.25) is 0 Å². The zero-order chi connectivity index (χ0) is 15.1. The maximum absolute atomic E-state index is 10.5. The number of nitrogens with zero attached hydrogens (tertiary/aromatic N) is 2. The Morgan fingerprint density at radius 2 is 2.38 bits per heavy atom. The highest BCUT2D eigenvalue weighted by atomic mass is 32.2. The second-order valence-electron chi connectivity index (χ2n) is 4.05. The van der Waals surface area contributed by atoms with Crippen LogP contribution < -0.4 is 4.74 Å². The molecular formula is C14H14N2O3S2. The number of carboxylic acid groups (broad SMARTS) is 1. The van der Waals surface area contributed by atoms with Crippen molar-refractivity contribution in [3.8, 4) is 5.75 Å². The summed E-state index contributed by atoms with van der Waals surface area (Å²) in [4.78, 5) is 14.7. The third-order valence-electron chi connectivity index (χ3n) is 2.36. The number of aromatic nitrogens is 2. The Morgan fingerprint density at radius 3 is 3.10 bits per heavy atom. The molecule has 0 saturated carbocycles. The van der Waals surface area contributed by atoms with Crippen LogP contribution in [0, 0.1) is 6.92 Å². The number of thioether (sulfide) groups is 1. The maximum atomic E-state index is 10.5. The number of rotatable bonds is 7. The molecule has 2 aromatic rings. The molecule has 1 N–H and O–H groups in total. The highest BCUT2D eigenvalue weighted by molar-refractivity contribution is 8.00. The number of hydrogen-bond donors (Lipinski definition) is 1. The lowest BCUT2D eigenvalue weighted by atomic mass is 10.2. The number of ether oxygens (including phenoxy) is 1. The van der Waals surface area contributed by atoms with Gasteiger partial charge in [-0.15, -0.1) is 0 Å². The highest BCUT2D eigenvalue weighted by Gasteiger charge is 2.01. The number of aliphatic carboxylic acids is 1. The standard InChI is InChI=1S/C14H14N2O3S2/c1-10-15-14(21-16-10)20-8-7-19-12-4-2-3-11(9-12)5-6-13(17)18/h2-6,9H,7-8H2,1H3,(H,17,18)/b6-5+. The molecule has 0 radical (unpaired) electrons. The van der Waals surface area contributed by atoms with E-state index in [0.717, 1.165) is 33.3 Å². The molecule has 0 amide bonds. The Bertz CT molecular complexity index is 641. The van der Waals surface area contributed by atoms with Crippen molar-refractivity contribution < 1.29 is 14.6 Å².